The van der Waals surface area contributed by atoms with Crippen LogP contribution in [0.4, 0.5) is 5.69 Å². The van der Waals surface area contributed by atoms with Crippen LogP contribution in [0, 0.1) is 24.0 Å². The highest BCUT2D eigenvalue weighted by Crippen LogP contribution is 2.18. The fraction of sp³-hybridized carbons (Fsp3) is 0.125. The van der Waals surface area contributed by atoms with Crippen LogP contribution in [0.3, 0.4) is 0 Å². The van der Waals surface area contributed by atoms with Gasteiger partial charge < -0.3 is 0 Å². The van der Waals surface area contributed by atoms with Gasteiger partial charge in [0.05, 0.1) is 21.5 Å². The number of pyridine rings is 1. The van der Waals surface area contributed by atoms with Crippen LogP contribution in [0.15, 0.2) is 41.3 Å². The first-order valence-electron chi connectivity index (χ1n) is 7.46. The number of nitro groups is 1. The largest absolute Gasteiger partial charge is 0.284 e. The minimum Gasteiger partial charge on any atom is -0.284 e. The lowest BCUT2D eigenvalue weighted by Crippen LogP contribution is -2.20. The Labute approximate surface area is 140 Å². The van der Waals surface area contributed by atoms with Crippen LogP contribution in [-0.2, 0) is 0 Å². The summed E-state index contributed by atoms with van der Waals surface area (Å²) in [4.78, 5) is 31.8. The Balaban J connectivity index is 1.99. The van der Waals surface area contributed by atoms with Crippen LogP contribution >= 0.6 is 0 Å². The number of nitro benzene ring substituents is 1. The Morgan fingerprint density at radius 1 is 1.08 bits per heavy atom. The smallest absolute Gasteiger partial charge is 0.269 e. The van der Waals surface area contributed by atoms with E-state index in [0.717, 1.165) is 0 Å². The van der Waals surface area contributed by atoms with Crippen molar-refractivity contribution in [3.05, 3.63) is 68.5 Å². The zero-order valence-electron chi connectivity index (χ0n) is 13.4. The highest BCUT2D eigenvalue weighted by Gasteiger charge is 2.14. The van der Waals surface area contributed by atoms with Gasteiger partial charge in [0.15, 0.2) is 0 Å². The van der Waals surface area contributed by atoms with E-state index in [1.807, 2.05) is 0 Å². The maximum absolute atomic E-state index is 12.9. The highest BCUT2D eigenvalue weighted by atomic mass is 16.6. The Hall–Kier alpha value is -3.62. The molecule has 0 saturated heterocycles. The van der Waals surface area contributed by atoms with Gasteiger partial charge in [-0.2, -0.15) is 9.50 Å². The van der Waals surface area contributed by atoms with Crippen LogP contribution < -0.4 is 5.56 Å². The van der Waals surface area contributed by atoms with Crippen LogP contribution in [0.5, 0.6) is 0 Å². The standard InChI is InChI=1S/C16H12N6O3/c1-9-14-13(21-16(17-9)18-10(2)19-21)7-8-20(15(14)23)11-3-5-12(6-4-11)22(24)25/h3-8H,1-2H3. The summed E-state index contributed by atoms with van der Waals surface area (Å²) in [5, 5.41) is 15.5. The summed E-state index contributed by atoms with van der Waals surface area (Å²) in [5.41, 5.74) is 1.40. The monoisotopic (exact) mass is 336 g/mol. The summed E-state index contributed by atoms with van der Waals surface area (Å²) >= 11 is 0. The second-order valence-electron chi connectivity index (χ2n) is 5.59. The van der Waals surface area contributed by atoms with Crippen LogP contribution in [0.1, 0.15) is 11.5 Å². The van der Waals surface area contributed by atoms with Crippen LogP contribution in [0.2, 0.25) is 0 Å². The van der Waals surface area contributed by atoms with Crippen molar-refractivity contribution in [2.24, 2.45) is 0 Å². The molecule has 0 unspecified atom stereocenters. The first-order chi connectivity index (χ1) is 12.0. The number of aryl methyl sites for hydroxylation is 2. The third kappa shape index (κ3) is 2.24. The van der Waals surface area contributed by atoms with Crippen molar-refractivity contribution >= 4 is 22.4 Å². The molecule has 1 aromatic carbocycles. The van der Waals surface area contributed by atoms with Gasteiger partial charge in [0.25, 0.3) is 17.0 Å². The van der Waals surface area contributed by atoms with Gasteiger partial charge >= 0.3 is 0 Å². The lowest BCUT2D eigenvalue weighted by atomic mass is 10.2. The summed E-state index contributed by atoms with van der Waals surface area (Å²) in [6, 6.07) is 7.55. The van der Waals surface area contributed by atoms with Gasteiger partial charge in [-0.1, -0.05) is 0 Å². The highest BCUT2D eigenvalue weighted by molar-refractivity contribution is 5.82. The minimum atomic E-state index is -0.481. The van der Waals surface area contributed by atoms with Gasteiger partial charge in [0.2, 0.25) is 0 Å². The first-order valence-corrected chi connectivity index (χ1v) is 7.46. The molecule has 0 aliphatic rings. The number of benzene rings is 1. The van der Waals surface area contributed by atoms with Gasteiger partial charge in [-0.3, -0.25) is 19.5 Å². The number of rotatable bonds is 2. The lowest BCUT2D eigenvalue weighted by molar-refractivity contribution is -0.384. The average Bonchev–Trinajstić information content (AvgIpc) is 2.95. The molecule has 0 radical (unpaired) electrons. The van der Waals surface area contributed by atoms with E-state index < -0.39 is 4.92 Å². The summed E-state index contributed by atoms with van der Waals surface area (Å²) in [5.74, 6) is 1.01. The van der Waals surface area contributed by atoms with E-state index in [0.29, 0.717) is 33.9 Å². The van der Waals surface area contributed by atoms with E-state index in [4.69, 9.17) is 0 Å². The zero-order valence-corrected chi connectivity index (χ0v) is 13.4. The summed E-state index contributed by atoms with van der Waals surface area (Å²) in [6.07, 6.45) is 1.61. The van der Waals surface area contributed by atoms with Crippen molar-refractivity contribution in [1.29, 1.82) is 0 Å². The van der Waals surface area contributed by atoms with E-state index in [1.165, 1.54) is 28.8 Å². The molecule has 0 amide bonds. The Morgan fingerprint density at radius 2 is 1.80 bits per heavy atom. The van der Waals surface area contributed by atoms with Gasteiger partial charge in [-0.05, 0) is 32.0 Å². The molecule has 0 N–H and O–H groups in total. The third-order valence-corrected chi connectivity index (χ3v) is 3.96. The second kappa shape index (κ2) is 5.20. The van der Waals surface area contributed by atoms with Crippen molar-refractivity contribution < 1.29 is 4.92 Å². The SMILES string of the molecule is Cc1nc2nc(C)c3c(=O)n(-c4ccc([N+](=O)[O-])cc4)ccc3n2n1. The third-order valence-electron chi connectivity index (χ3n) is 3.96. The summed E-state index contributed by atoms with van der Waals surface area (Å²) in [7, 11) is 0. The predicted octanol–water partition coefficient (Wildman–Crippen LogP) is 1.95. The van der Waals surface area contributed by atoms with E-state index in [-0.39, 0.29) is 11.2 Å². The van der Waals surface area contributed by atoms with Gasteiger partial charge in [-0.15, -0.1) is 5.10 Å². The summed E-state index contributed by atoms with van der Waals surface area (Å²) < 4.78 is 2.97. The number of hydrogen-bond acceptors (Lipinski definition) is 6. The van der Waals surface area contributed by atoms with E-state index in [9.17, 15) is 14.9 Å². The molecule has 0 saturated carbocycles. The maximum Gasteiger partial charge on any atom is 0.269 e. The Morgan fingerprint density at radius 3 is 2.48 bits per heavy atom. The normalized spacial score (nSPS) is 11.3. The van der Waals surface area contributed by atoms with E-state index in [2.05, 4.69) is 15.1 Å². The molecule has 4 rings (SSSR count). The number of fused-ring (bicyclic) bond motifs is 3. The molecular formula is C16H12N6O3. The molecule has 0 fully saturated rings. The van der Waals surface area contributed by atoms with Gasteiger partial charge in [0.1, 0.15) is 5.82 Å². The quantitative estimate of drug-likeness (QED) is 0.409. The van der Waals surface area contributed by atoms with Crippen molar-refractivity contribution in [2.75, 3.05) is 0 Å². The molecule has 4 aromatic rings. The topological polar surface area (TPSA) is 108 Å². The molecule has 0 aliphatic carbocycles. The van der Waals surface area contributed by atoms with Gasteiger partial charge in [0, 0.05) is 24.0 Å². The van der Waals surface area contributed by atoms with Crippen molar-refractivity contribution in [2.45, 2.75) is 13.8 Å². The predicted molar refractivity (Wildman–Crippen MR) is 90.0 cm³/mol. The lowest BCUT2D eigenvalue weighted by Gasteiger charge is -2.09. The molecule has 9 heteroatoms. The minimum absolute atomic E-state index is 0.0322. The van der Waals surface area contributed by atoms with Crippen molar-refractivity contribution in [3.8, 4) is 5.69 Å². The van der Waals surface area contributed by atoms with Crippen molar-refractivity contribution in [1.82, 2.24) is 24.1 Å². The number of hydrogen-bond donors (Lipinski definition) is 0. The Kier molecular flexibility index (Phi) is 3.11. The number of aromatic nitrogens is 5. The number of non-ortho nitro benzene ring substituents is 1. The molecule has 3 heterocycles. The molecular weight excluding hydrogens is 324 g/mol. The number of nitrogens with zero attached hydrogens (tertiary/aromatic N) is 6. The molecule has 124 valence electrons. The van der Waals surface area contributed by atoms with Crippen molar-refractivity contribution in [3.63, 3.8) is 0 Å². The van der Waals surface area contributed by atoms with Crippen LogP contribution in [0.25, 0.3) is 22.4 Å². The molecule has 0 spiro atoms. The maximum atomic E-state index is 12.9. The average molecular weight is 336 g/mol. The molecule has 9 nitrogen and oxygen atoms in total. The molecule has 0 atom stereocenters. The molecule has 0 bridgehead atoms. The van der Waals surface area contributed by atoms with Crippen LogP contribution in [-0.4, -0.2) is 29.1 Å². The van der Waals surface area contributed by atoms with Gasteiger partial charge in [-0.25, -0.2) is 4.98 Å². The summed E-state index contributed by atoms with van der Waals surface area (Å²) in [6.45, 7) is 3.50. The Bertz CT molecular complexity index is 1210. The molecule has 3 aromatic heterocycles. The molecule has 0 aliphatic heterocycles. The zero-order chi connectivity index (χ0) is 17.7. The van der Waals surface area contributed by atoms with E-state index in [1.54, 1.807) is 30.6 Å². The second-order valence-corrected chi connectivity index (χ2v) is 5.59. The first kappa shape index (κ1) is 14.9. The van der Waals surface area contributed by atoms with E-state index >= 15 is 0 Å². The fourth-order valence-corrected chi connectivity index (χ4v) is 2.82. The molecule has 25 heavy (non-hydrogen) atoms. The fourth-order valence-electron chi connectivity index (χ4n) is 2.82.